The van der Waals surface area contributed by atoms with Crippen molar-refractivity contribution in [1.29, 1.82) is 0 Å². The Kier molecular flexibility index (Phi) is 3.94. The van der Waals surface area contributed by atoms with Crippen LogP contribution in [0.4, 0.5) is 0 Å². The van der Waals surface area contributed by atoms with E-state index in [4.69, 9.17) is 21.4 Å². The molecule has 0 aromatic heterocycles. The van der Waals surface area contributed by atoms with Crippen molar-refractivity contribution in [2.75, 3.05) is 7.11 Å². The summed E-state index contributed by atoms with van der Waals surface area (Å²) in [6.07, 6.45) is -1.49. The molecule has 15 heavy (non-hydrogen) atoms. The number of hydrogen-bond acceptors (Lipinski definition) is 3. The largest absolute Gasteiger partial charge is 0.495 e. The van der Waals surface area contributed by atoms with Gasteiger partial charge < -0.3 is 14.9 Å². The molecule has 0 saturated carbocycles. The SMILES string of the molecule is COc1c(Cl)cccc1[C@@H](O)CC(=O)O. The third-order valence-corrected chi connectivity index (χ3v) is 2.23. The molecule has 5 heteroatoms. The van der Waals surface area contributed by atoms with Crippen LogP contribution in [-0.2, 0) is 4.79 Å². The fourth-order valence-electron chi connectivity index (χ4n) is 1.28. The summed E-state index contributed by atoms with van der Waals surface area (Å²) in [7, 11) is 1.41. The smallest absolute Gasteiger partial charge is 0.306 e. The van der Waals surface area contributed by atoms with Crippen molar-refractivity contribution in [3.8, 4) is 5.75 Å². The van der Waals surface area contributed by atoms with Gasteiger partial charge in [-0.25, -0.2) is 0 Å². The van der Waals surface area contributed by atoms with Crippen LogP contribution in [0.5, 0.6) is 5.75 Å². The van der Waals surface area contributed by atoms with Crippen LogP contribution in [0, 0.1) is 0 Å². The molecule has 82 valence electrons. The zero-order valence-electron chi connectivity index (χ0n) is 8.11. The Balaban J connectivity index is 3.02. The number of halogens is 1. The number of para-hydroxylation sites is 1. The summed E-state index contributed by atoms with van der Waals surface area (Å²) < 4.78 is 4.99. The minimum absolute atomic E-state index is 0.313. The molecule has 0 aliphatic carbocycles. The first-order valence-electron chi connectivity index (χ1n) is 4.28. The number of aliphatic hydroxyl groups is 1. The lowest BCUT2D eigenvalue weighted by molar-refractivity contribution is -0.139. The van der Waals surface area contributed by atoms with E-state index in [0.29, 0.717) is 16.3 Å². The van der Waals surface area contributed by atoms with Crippen molar-refractivity contribution >= 4 is 17.6 Å². The lowest BCUT2D eigenvalue weighted by Gasteiger charge is -2.13. The minimum Gasteiger partial charge on any atom is -0.495 e. The van der Waals surface area contributed by atoms with Gasteiger partial charge in [0.2, 0.25) is 0 Å². The van der Waals surface area contributed by atoms with Crippen LogP contribution < -0.4 is 4.74 Å². The predicted octanol–water partition coefficient (Wildman–Crippen LogP) is 1.86. The lowest BCUT2D eigenvalue weighted by atomic mass is 10.1. The zero-order valence-corrected chi connectivity index (χ0v) is 8.86. The van der Waals surface area contributed by atoms with Crippen molar-refractivity contribution in [3.05, 3.63) is 28.8 Å². The summed E-state index contributed by atoms with van der Waals surface area (Å²) >= 11 is 5.83. The first kappa shape index (κ1) is 11.8. The highest BCUT2D eigenvalue weighted by Crippen LogP contribution is 2.33. The molecule has 1 aromatic carbocycles. The molecule has 1 aromatic rings. The number of aliphatic carboxylic acids is 1. The van der Waals surface area contributed by atoms with Crippen LogP contribution in [-0.4, -0.2) is 23.3 Å². The van der Waals surface area contributed by atoms with E-state index in [2.05, 4.69) is 0 Å². The summed E-state index contributed by atoms with van der Waals surface area (Å²) in [5.41, 5.74) is 0.382. The van der Waals surface area contributed by atoms with Gasteiger partial charge in [0.1, 0.15) is 5.75 Å². The Morgan fingerprint density at radius 3 is 2.80 bits per heavy atom. The average Bonchev–Trinajstić information content (AvgIpc) is 2.16. The van der Waals surface area contributed by atoms with Gasteiger partial charge >= 0.3 is 5.97 Å². The highest BCUT2D eigenvalue weighted by molar-refractivity contribution is 6.32. The Labute approximate surface area is 92.1 Å². The maximum absolute atomic E-state index is 10.4. The van der Waals surface area contributed by atoms with Crippen LogP contribution in [0.15, 0.2) is 18.2 Å². The number of aliphatic hydroxyl groups excluding tert-OH is 1. The van der Waals surface area contributed by atoms with Crippen LogP contribution >= 0.6 is 11.6 Å². The van der Waals surface area contributed by atoms with Gasteiger partial charge in [0.25, 0.3) is 0 Å². The lowest BCUT2D eigenvalue weighted by Crippen LogP contribution is -2.07. The van der Waals surface area contributed by atoms with E-state index in [-0.39, 0.29) is 6.42 Å². The Morgan fingerprint density at radius 2 is 2.27 bits per heavy atom. The molecule has 2 N–H and O–H groups in total. The molecule has 0 amide bonds. The van der Waals surface area contributed by atoms with Gasteiger partial charge in [0.05, 0.1) is 24.7 Å². The number of carboxylic acids is 1. The summed E-state index contributed by atoms with van der Waals surface area (Å²) in [6.45, 7) is 0. The topological polar surface area (TPSA) is 66.8 Å². The number of benzene rings is 1. The molecule has 1 rings (SSSR count). The molecular formula is C10H11ClO4. The Bertz CT molecular complexity index is 364. The molecule has 0 aliphatic rings. The van der Waals surface area contributed by atoms with Crippen LogP contribution in [0.25, 0.3) is 0 Å². The first-order chi connectivity index (χ1) is 7.06. The number of methoxy groups -OCH3 is 1. The Morgan fingerprint density at radius 1 is 1.60 bits per heavy atom. The summed E-state index contributed by atoms with van der Waals surface area (Å²) in [5, 5.41) is 18.5. The summed E-state index contributed by atoms with van der Waals surface area (Å²) in [5.74, 6) is -0.766. The molecule has 0 bridgehead atoms. The summed E-state index contributed by atoms with van der Waals surface area (Å²) in [4.78, 5) is 10.4. The standard InChI is InChI=1S/C10H11ClO4/c1-15-10-6(3-2-4-7(10)11)8(12)5-9(13)14/h2-4,8,12H,5H2,1H3,(H,13,14)/t8-/m0/s1. The van der Waals surface area contributed by atoms with E-state index in [1.54, 1.807) is 18.2 Å². The molecule has 0 spiro atoms. The van der Waals surface area contributed by atoms with Gasteiger partial charge in [0, 0.05) is 5.56 Å². The number of rotatable bonds is 4. The normalized spacial score (nSPS) is 12.2. The summed E-state index contributed by atoms with van der Waals surface area (Å²) in [6, 6.07) is 4.82. The first-order valence-corrected chi connectivity index (χ1v) is 4.66. The van der Waals surface area contributed by atoms with E-state index in [1.807, 2.05) is 0 Å². The second-order valence-electron chi connectivity index (χ2n) is 2.98. The number of carbonyl (C=O) groups is 1. The molecule has 0 heterocycles. The number of ether oxygens (including phenoxy) is 1. The number of hydrogen-bond donors (Lipinski definition) is 2. The minimum atomic E-state index is -1.11. The van der Waals surface area contributed by atoms with Gasteiger partial charge in [-0.1, -0.05) is 23.7 Å². The third kappa shape index (κ3) is 2.84. The van der Waals surface area contributed by atoms with E-state index >= 15 is 0 Å². The fraction of sp³-hybridized carbons (Fsp3) is 0.300. The van der Waals surface area contributed by atoms with Gasteiger partial charge in [0.15, 0.2) is 0 Å². The Hall–Kier alpha value is -1.26. The monoisotopic (exact) mass is 230 g/mol. The molecule has 0 aliphatic heterocycles. The molecule has 0 unspecified atom stereocenters. The highest BCUT2D eigenvalue weighted by atomic mass is 35.5. The van der Waals surface area contributed by atoms with Gasteiger partial charge in [-0.15, -0.1) is 0 Å². The average molecular weight is 231 g/mol. The zero-order chi connectivity index (χ0) is 11.4. The second-order valence-corrected chi connectivity index (χ2v) is 3.38. The molecule has 0 radical (unpaired) electrons. The molecular weight excluding hydrogens is 220 g/mol. The van der Waals surface area contributed by atoms with E-state index in [9.17, 15) is 9.90 Å². The second kappa shape index (κ2) is 5.00. The van der Waals surface area contributed by atoms with Gasteiger partial charge in [-0.05, 0) is 6.07 Å². The third-order valence-electron chi connectivity index (χ3n) is 1.93. The van der Waals surface area contributed by atoms with E-state index in [1.165, 1.54) is 7.11 Å². The van der Waals surface area contributed by atoms with Crippen LogP contribution in [0.1, 0.15) is 18.1 Å². The van der Waals surface area contributed by atoms with Crippen molar-refractivity contribution in [3.63, 3.8) is 0 Å². The van der Waals surface area contributed by atoms with Crippen LogP contribution in [0.2, 0.25) is 5.02 Å². The maximum Gasteiger partial charge on any atom is 0.306 e. The molecule has 0 saturated heterocycles. The molecule has 1 atom stereocenters. The van der Waals surface area contributed by atoms with E-state index in [0.717, 1.165) is 0 Å². The van der Waals surface area contributed by atoms with Crippen molar-refractivity contribution in [2.45, 2.75) is 12.5 Å². The molecule has 0 fully saturated rings. The number of carboxylic acid groups (broad SMARTS) is 1. The van der Waals surface area contributed by atoms with Gasteiger partial charge in [-0.2, -0.15) is 0 Å². The van der Waals surface area contributed by atoms with Crippen molar-refractivity contribution < 1.29 is 19.7 Å². The van der Waals surface area contributed by atoms with Crippen molar-refractivity contribution in [2.24, 2.45) is 0 Å². The maximum atomic E-state index is 10.4. The molecule has 4 nitrogen and oxygen atoms in total. The van der Waals surface area contributed by atoms with Crippen molar-refractivity contribution in [1.82, 2.24) is 0 Å². The van der Waals surface area contributed by atoms with Crippen LogP contribution in [0.3, 0.4) is 0 Å². The van der Waals surface area contributed by atoms with Gasteiger partial charge in [-0.3, -0.25) is 4.79 Å². The highest BCUT2D eigenvalue weighted by Gasteiger charge is 2.18. The predicted molar refractivity (Wildman–Crippen MR) is 55.2 cm³/mol. The quantitative estimate of drug-likeness (QED) is 0.829. The fourth-order valence-corrected chi connectivity index (χ4v) is 1.54. The van der Waals surface area contributed by atoms with E-state index < -0.39 is 12.1 Å².